The first-order valence-corrected chi connectivity index (χ1v) is 28.0. The first kappa shape index (κ1) is 57.7. The summed E-state index contributed by atoms with van der Waals surface area (Å²) in [4.78, 5) is 79.0. The summed E-state index contributed by atoms with van der Waals surface area (Å²) >= 11 is 0. The minimum Gasteiger partial charge on any atom is -0.336 e. The second kappa shape index (κ2) is 23.5. The quantitative estimate of drug-likeness (QED) is 0.0950. The zero-order valence-corrected chi connectivity index (χ0v) is 47.3. The number of imide groups is 2. The molecule has 0 atom stereocenters. The van der Waals surface area contributed by atoms with E-state index in [1.54, 1.807) is 0 Å². The van der Waals surface area contributed by atoms with Crippen LogP contribution < -0.4 is 31.9 Å². The average Bonchev–Trinajstić information content (AvgIpc) is 4.12. The van der Waals surface area contributed by atoms with Gasteiger partial charge in [0, 0.05) is 41.5 Å². The predicted octanol–water partition coefficient (Wildman–Crippen LogP) is 7.85. The molecule has 16 nitrogen and oxygen atoms in total. The summed E-state index contributed by atoms with van der Waals surface area (Å²) in [6, 6.07) is 41.4. The van der Waals surface area contributed by atoms with Crippen LogP contribution in [0.4, 0.5) is 14.4 Å². The normalized spacial score (nSPS) is 30.1. The molecule has 3 heterocycles. The van der Waals surface area contributed by atoms with Gasteiger partial charge < -0.3 is 21.3 Å². The van der Waals surface area contributed by atoms with E-state index in [9.17, 15) is 28.8 Å². The van der Waals surface area contributed by atoms with Crippen LogP contribution in [-0.2, 0) is 36.5 Å². The van der Waals surface area contributed by atoms with Gasteiger partial charge in [0.05, 0.1) is 5.54 Å². The van der Waals surface area contributed by atoms with Crippen LogP contribution in [0.2, 0.25) is 0 Å². The molecule has 7 fully saturated rings. The third-order valence-corrected chi connectivity index (χ3v) is 19.2. The topological polar surface area (TPSA) is 188 Å². The Balaban J connectivity index is 0.000000138. The lowest BCUT2D eigenvalue weighted by atomic mass is 9.68. The lowest BCUT2D eigenvalue weighted by Crippen LogP contribution is -2.55. The summed E-state index contributed by atoms with van der Waals surface area (Å²) in [5, 5.41) is 16.4. The molecule has 0 unspecified atom stereocenters. The van der Waals surface area contributed by atoms with Gasteiger partial charge in [0.1, 0.15) is 16.9 Å². The molecule has 0 bridgehead atoms. The average molecular weight is 1070 g/mol. The summed E-state index contributed by atoms with van der Waals surface area (Å²) in [6.07, 6.45) is 13.6. The van der Waals surface area contributed by atoms with E-state index in [2.05, 4.69) is 211 Å². The fourth-order valence-corrected chi connectivity index (χ4v) is 13.9. The monoisotopic (exact) mass is 1060 g/mol. The highest BCUT2D eigenvalue weighted by Crippen LogP contribution is 2.48. The van der Waals surface area contributed by atoms with Gasteiger partial charge in [-0.2, -0.15) is 0 Å². The Morgan fingerprint density at radius 3 is 0.859 bits per heavy atom. The van der Waals surface area contributed by atoms with E-state index in [1.807, 2.05) is 18.2 Å². The van der Waals surface area contributed by atoms with Crippen LogP contribution in [0.5, 0.6) is 0 Å². The third-order valence-electron chi connectivity index (χ3n) is 19.2. The fourth-order valence-electron chi connectivity index (χ4n) is 13.9. The van der Waals surface area contributed by atoms with Gasteiger partial charge in [-0.15, -0.1) is 0 Å². The Kier molecular flexibility index (Phi) is 17.4. The smallest absolute Gasteiger partial charge is 0.322 e. The molecule has 6 N–H and O–H groups in total. The number of urea groups is 3. The van der Waals surface area contributed by atoms with Crippen LogP contribution in [0.15, 0.2) is 121 Å². The lowest BCUT2D eigenvalue weighted by Gasteiger charge is -2.48. The number of amides is 8. The number of hydrogen-bond acceptors (Lipinski definition) is 10. The number of benzene rings is 4. The number of Topliss-reactive ketones (excluding diaryl/α,β-unsaturated/α-hetero) is 1. The molecule has 8 amide bonds. The van der Waals surface area contributed by atoms with E-state index in [0.717, 1.165) is 70.8 Å². The second-order valence-electron chi connectivity index (χ2n) is 23.8. The Hall–Kier alpha value is -6.46. The number of carbonyl (C=O) groups excluding carboxylic acids is 6. The number of rotatable bonds is 8. The Bertz CT molecular complexity index is 2610. The zero-order chi connectivity index (χ0) is 56.0. The molecule has 418 valence electrons. The Morgan fingerprint density at radius 2 is 0.615 bits per heavy atom. The van der Waals surface area contributed by atoms with E-state index in [1.165, 1.54) is 22.3 Å². The van der Waals surface area contributed by atoms with Gasteiger partial charge >= 0.3 is 18.1 Å². The van der Waals surface area contributed by atoms with Crippen molar-refractivity contribution >= 4 is 35.7 Å². The van der Waals surface area contributed by atoms with Gasteiger partial charge in [-0.25, -0.2) is 14.4 Å². The van der Waals surface area contributed by atoms with Gasteiger partial charge in [-0.3, -0.25) is 44.6 Å². The first-order chi connectivity index (χ1) is 37.2. The summed E-state index contributed by atoms with van der Waals surface area (Å²) in [6.45, 7) is 0.768. The number of hydrogen-bond donors (Lipinski definition) is 6. The minimum atomic E-state index is -0.703. The highest BCUT2D eigenvalue weighted by atomic mass is 16.2. The molecule has 4 saturated carbocycles. The standard InChI is InChI=1S/2C16H21N3O2.C16H23N3O.C14H19NO/c2*1-19(2)16(12-6-4-3-5-7-12)10-8-15(9-11-16)13(20)17-14(21)18-15;1-19(2)16(13-6-4-3-5-7-13)10-8-15(9-11-16)12-17-14(20)18-15;1-15(2)14(10-8-13(16)9-11-14)12-6-4-3-5-7-12/h2*3-7H,8-11H2,1-2H3,(H2,17,18,20,21);3-7H,8-12H2,1-2H3,(H2,17,18,20);3-7H,8-11H2,1-2H3. The van der Waals surface area contributed by atoms with Gasteiger partial charge in [-0.1, -0.05) is 121 Å². The maximum atomic E-state index is 12.1. The second-order valence-corrected chi connectivity index (χ2v) is 23.8. The number of ketones is 1. The van der Waals surface area contributed by atoms with Crippen molar-refractivity contribution in [3.05, 3.63) is 144 Å². The molecule has 0 radical (unpaired) electrons. The van der Waals surface area contributed by atoms with Crippen molar-refractivity contribution in [2.24, 2.45) is 0 Å². The molecule has 16 heteroatoms. The molecule has 0 aromatic heterocycles. The first-order valence-electron chi connectivity index (χ1n) is 28.0. The molecular weight excluding hydrogens is 981 g/mol. The molecule has 11 rings (SSSR count). The summed E-state index contributed by atoms with van der Waals surface area (Å²) in [7, 11) is 16.9. The summed E-state index contributed by atoms with van der Waals surface area (Å²) < 4.78 is 0. The van der Waals surface area contributed by atoms with Gasteiger partial charge in [0.15, 0.2) is 0 Å². The van der Waals surface area contributed by atoms with Crippen LogP contribution >= 0.6 is 0 Å². The number of nitrogens with one attached hydrogen (secondary N) is 6. The summed E-state index contributed by atoms with van der Waals surface area (Å²) in [5.41, 5.74) is 3.87. The van der Waals surface area contributed by atoms with Crippen molar-refractivity contribution in [3.8, 4) is 0 Å². The maximum Gasteiger partial charge on any atom is 0.322 e. The highest BCUT2D eigenvalue weighted by molar-refractivity contribution is 6.07. The van der Waals surface area contributed by atoms with E-state index >= 15 is 0 Å². The molecule has 7 aliphatic rings. The Labute approximate surface area is 462 Å². The van der Waals surface area contributed by atoms with Crippen molar-refractivity contribution < 1.29 is 28.8 Å². The number of nitrogens with zero attached hydrogens (tertiary/aromatic N) is 4. The minimum absolute atomic E-state index is 0.0120. The van der Waals surface area contributed by atoms with Gasteiger partial charge in [0.25, 0.3) is 11.8 Å². The van der Waals surface area contributed by atoms with Crippen LogP contribution in [-0.4, -0.2) is 135 Å². The molecule has 4 aromatic rings. The third kappa shape index (κ3) is 11.5. The molecule has 78 heavy (non-hydrogen) atoms. The zero-order valence-electron chi connectivity index (χ0n) is 47.3. The predicted molar refractivity (Wildman–Crippen MR) is 304 cm³/mol. The van der Waals surface area contributed by atoms with Crippen molar-refractivity contribution in [3.63, 3.8) is 0 Å². The van der Waals surface area contributed by atoms with Crippen molar-refractivity contribution in [2.75, 3.05) is 62.9 Å². The molecule has 3 spiro atoms. The Morgan fingerprint density at radius 1 is 0.333 bits per heavy atom. The summed E-state index contributed by atoms with van der Waals surface area (Å²) in [5.74, 6) is 0.0641. The molecule has 3 saturated heterocycles. The van der Waals surface area contributed by atoms with Gasteiger partial charge in [-0.05, 0) is 169 Å². The van der Waals surface area contributed by atoms with Crippen LogP contribution in [0.25, 0.3) is 0 Å². The fraction of sp³-hybridized carbons (Fsp3) is 0.516. The number of carbonyl (C=O) groups is 6. The molecule has 4 aromatic carbocycles. The van der Waals surface area contributed by atoms with E-state index in [4.69, 9.17) is 0 Å². The van der Waals surface area contributed by atoms with Gasteiger partial charge in [0.2, 0.25) is 0 Å². The van der Waals surface area contributed by atoms with Crippen LogP contribution in [0, 0.1) is 0 Å². The molecular formula is C62H84N10O6. The van der Waals surface area contributed by atoms with Crippen molar-refractivity contribution in [1.29, 1.82) is 0 Å². The van der Waals surface area contributed by atoms with Crippen molar-refractivity contribution in [2.45, 2.75) is 142 Å². The lowest BCUT2D eigenvalue weighted by molar-refractivity contribution is -0.127. The van der Waals surface area contributed by atoms with E-state index < -0.39 is 11.1 Å². The van der Waals surface area contributed by atoms with E-state index in [0.29, 0.717) is 44.3 Å². The SMILES string of the molecule is CN(C)C1(c2ccccc2)CCC(=O)CC1.CN(C)C1(c2ccccc2)CCC2(CC1)CNC(=O)N2.CN(C)C1(c2ccccc2)CCC2(CC1)NC(=O)NC2=O.CN(C)C1(c2ccccc2)CCC2(CC1)NC(=O)NC2=O. The molecule has 3 aliphatic heterocycles. The van der Waals surface area contributed by atoms with E-state index in [-0.39, 0.29) is 57.6 Å². The van der Waals surface area contributed by atoms with Crippen LogP contribution in [0.1, 0.15) is 125 Å². The van der Waals surface area contributed by atoms with Crippen LogP contribution in [0.3, 0.4) is 0 Å². The molecule has 4 aliphatic carbocycles. The highest BCUT2D eigenvalue weighted by Gasteiger charge is 2.54. The maximum absolute atomic E-state index is 12.1. The van der Waals surface area contributed by atoms with Crippen molar-refractivity contribution in [1.82, 2.24) is 51.5 Å². The largest absolute Gasteiger partial charge is 0.336 e.